The Kier molecular flexibility index (Phi) is 8.98. The fourth-order valence-corrected chi connectivity index (χ4v) is 0. The SMILES string of the molecule is CC(=O)S.[Sb]. The zero-order chi connectivity index (χ0) is 3.58. The molecule has 0 aromatic heterocycles. The average molecular weight is 198 g/mol. The Balaban J connectivity index is 0. The summed E-state index contributed by atoms with van der Waals surface area (Å²) in [5.41, 5.74) is 0. The Morgan fingerprint density at radius 1 is 1.80 bits per heavy atom. The molecule has 5 heavy (non-hydrogen) atoms. The fraction of sp³-hybridized carbons (Fsp3) is 0.500. The van der Waals surface area contributed by atoms with E-state index in [-0.39, 0.29) is 29.5 Å². The van der Waals surface area contributed by atoms with Gasteiger partial charge in [0.2, 0.25) is 0 Å². The van der Waals surface area contributed by atoms with E-state index in [2.05, 4.69) is 12.6 Å². The summed E-state index contributed by atoms with van der Waals surface area (Å²) >= 11 is 3.33. The van der Waals surface area contributed by atoms with Crippen LogP contribution in [0, 0.1) is 0 Å². The van der Waals surface area contributed by atoms with E-state index >= 15 is 0 Å². The first kappa shape index (κ1) is 9.28. The Morgan fingerprint density at radius 2 is 1.80 bits per heavy atom. The van der Waals surface area contributed by atoms with Crippen LogP contribution in [0.25, 0.3) is 0 Å². The Bertz CT molecular complexity index is 32.6. The molecule has 0 aromatic carbocycles. The van der Waals surface area contributed by atoms with Gasteiger partial charge in [-0.05, 0) is 0 Å². The van der Waals surface area contributed by atoms with Crippen LogP contribution < -0.4 is 0 Å². The van der Waals surface area contributed by atoms with Gasteiger partial charge in [0.1, 0.15) is 0 Å². The Labute approximate surface area is 54.0 Å². The molecule has 0 saturated heterocycles. The van der Waals surface area contributed by atoms with Crippen molar-refractivity contribution in [1.82, 2.24) is 0 Å². The second kappa shape index (κ2) is 4.84. The van der Waals surface area contributed by atoms with Crippen molar-refractivity contribution in [2.75, 3.05) is 0 Å². The van der Waals surface area contributed by atoms with Crippen LogP contribution in [0.2, 0.25) is 0 Å². The zero-order valence-corrected chi connectivity index (χ0v) is 6.25. The number of rotatable bonds is 0. The molecule has 0 aliphatic carbocycles. The molecule has 29 valence electrons. The minimum absolute atomic E-state index is 0. The molecule has 0 saturated carbocycles. The maximum absolute atomic E-state index is 9.31. The molecule has 0 rings (SSSR count). The normalized spacial score (nSPS) is 5.20. The van der Waals surface area contributed by atoms with Gasteiger partial charge in [0, 0.05) is 31.4 Å². The van der Waals surface area contributed by atoms with Crippen LogP contribution in [0.3, 0.4) is 0 Å². The smallest absolute Gasteiger partial charge is 0.182 e. The van der Waals surface area contributed by atoms with Gasteiger partial charge in [-0.25, -0.2) is 0 Å². The van der Waals surface area contributed by atoms with E-state index < -0.39 is 0 Å². The van der Waals surface area contributed by atoms with Crippen molar-refractivity contribution in [2.24, 2.45) is 0 Å². The summed E-state index contributed by atoms with van der Waals surface area (Å²) < 4.78 is 0. The second-order valence-corrected chi connectivity index (χ2v) is 1.15. The van der Waals surface area contributed by atoms with Crippen molar-refractivity contribution in [3.05, 3.63) is 0 Å². The minimum Gasteiger partial charge on any atom is -0.288 e. The first-order valence-corrected chi connectivity index (χ1v) is 1.37. The molecule has 0 unspecified atom stereocenters. The van der Waals surface area contributed by atoms with Gasteiger partial charge < -0.3 is 0 Å². The van der Waals surface area contributed by atoms with E-state index in [4.69, 9.17) is 0 Å². The second-order valence-electron chi connectivity index (χ2n) is 0.519. The molecule has 0 bridgehead atoms. The summed E-state index contributed by atoms with van der Waals surface area (Å²) in [6.07, 6.45) is 0. The molecule has 0 aliphatic heterocycles. The summed E-state index contributed by atoms with van der Waals surface area (Å²) in [7, 11) is 0. The maximum atomic E-state index is 9.31. The van der Waals surface area contributed by atoms with Gasteiger partial charge in [-0.3, -0.25) is 4.79 Å². The third kappa shape index (κ3) is 55.5. The van der Waals surface area contributed by atoms with E-state index in [0.29, 0.717) is 0 Å². The van der Waals surface area contributed by atoms with Crippen molar-refractivity contribution in [3.8, 4) is 0 Å². The summed E-state index contributed by atoms with van der Waals surface area (Å²) in [6.45, 7) is 1.39. The number of carbonyl (C=O) groups excluding carboxylic acids is 1. The minimum atomic E-state index is -0.139. The molecule has 0 amide bonds. The van der Waals surface area contributed by atoms with Crippen LogP contribution in [-0.2, 0) is 4.79 Å². The van der Waals surface area contributed by atoms with Crippen LogP contribution in [-0.4, -0.2) is 29.5 Å². The van der Waals surface area contributed by atoms with Gasteiger partial charge in [-0.1, -0.05) is 0 Å². The molecule has 1 nitrogen and oxygen atoms in total. The molecule has 0 spiro atoms. The molecule has 0 aliphatic rings. The predicted octanol–water partition coefficient (Wildman–Crippen LogP) is 0.0819. The molecule has 3 radical (unpaired) electrons. The number of hydrogen-bond donors (Lipinski definition) is 1. The van der Waals surface area contributed by atoms with Gasteiger partial charge in [0.25, 0.3) is 0 Å². The third-order valence-corrected chi connectivity index (χ3v) is 0. The maximum Gasteiger partial charge on any atom is 0.182 e. The van der Waals surface area contributed by atoms with Crippen molar-refractivity contribution in [2.45, 2.75) is 6.92 Å². The summed E-state index contributed by atoms with van der Waals surface area (Å²) in [4.78, 5) is 9.31. The molecule has 0 heterocycles. The first-order valence-electron chi connectivity index (χ1n) is 0.928. The van der Waals surface area contributed by atoms with Gasteiger partial charge in [0.15, 0.2) is 5.12 Å². The topological polar surface area (TPSA) is 17.1 Å². The third-order valence-electron chi connectivity index (χ3n) is 0. The molecule has 0 N–H and O–H groups in total. The van der Waals surface area contributed by atoms with Crippen molar-refractivity contribution < 1.29 is 4.79 Å². The van der Waals surface area contributed by atoms with E-state index in [1.807, 2.05) is 0 Å². The van der Waals surface area contributed by atoms with Gasteiger partial charge in [-0.15, -0.1) is 12.6 Å². The van der Waals surface area contributed by atoms with E-state index in [1.165, 1.54) is 6.92 Å². The number of thiol groups is 1. The molecule has 0 atom stereocenters. The largest absolute Gasteiger partial charge is 0.288 e. The van der Waals surface area contributed by atoms with Crippen molar-refractivity contribution in [3.63, 3.8) is 0 Å². The standard InChI is InChI=1S/C2H4OS.Sb/c1-2(3)4;/h1H3,(H,3,4);. The predicted molar refractivity (Wildman–Crippen MR) is 25.4 cm³/mol. The molecule has 0 aromatic rings. The van der Waals surface area contributed by atoms with Gasteiger partial charge in [0.05, 0.1) is 0 Å². The van der Waals surface area contributed by atoms with Crippen molar-refractivity contribution in [1.29, 1.82) is 0 Å². The van der Waals surface area contributed by atoms with Gasteiger partial charge >= 0.3 is 0 Å². The van der Waals surface area contributed by atoms with Crippen LogP contribution >= 0.6 is 12.6 Å². The van der Waals surface area contributed by atoms with Gasteiger partial charge in [-0.2, -0.15) is 0 Å². The number of hydrogen-bond acceptors (Lipinski definition) is 1. The molecular formula is C2H4OSSb. The van der Waals surface area contributed by atoms with E-state index in [0.717, 1.165) is 0 Å². The van der Waals surface area contributed by atoms with Crippen molar-refractivity contribution >= 4 is 42.2 Å². The summed E-state index contributed by atoms with van der Waals surface area (Å²) in [5, 5.41) is -0.139. The average Bonchev–Trinajstić information content (AvgIpc) is 0.811. The zero-order valence-electron chi connectivity index (χ0n) is 2.80. The van der Waals surface area contributed by atoms with Crippen LogP contribution in [0.4, 0.5) is 0 Å². The molecule has 0 fully saturated rings. The van der Waals surface area contributed by atoms with Crippen LogP contribution in [0.15, 0.2) is 0 Å². The monoisotopic (exact) mass is 197 g/mol. The first-order chi connectivity index (χ1) is 1.73. The summed E-state index contributed by atoms with van der Waals surface area (Å²) in [6, 6.07) is 0. The van der Waals surface area contributed by atoms with Crippen LogP contribution in [0.1, 0.15) is 6.92 Å². The number of carbonyl (C=O) groups is 1. The Hall–Kier alpha value is 0.838. The Morgan fingerprint density at radius 3 is 1.80 bits per heavy atom. The van der Waals surface area contributed by atoms with E-state index in [1.54, 1.807) is 0 Å². The fourth-order valence-electron chi connectivity index (χ4n) is 0. The quantitative estimate of drug-likeness (QED) is 0.430. The van der Waals surface area contributed by atoms with Crippen LogP contribution in [0.5, 0.6) is 0 Å². The van der Waals surface area contributed by atoms with E-state index in [9.17, 15) is 4.79 Å². The summed E-state index contributed by atoms with van der Waals surface area (Å²) in [5.74, 6) is 0. The molecule has 3 heteroatoms. The molecular weight excluding hydrogens is 194 g/mol.